The van der Waals surface area contributed by atoms with E-state index in [0.717, 1.165) is 5.92 Å². The molecule has 1 rings (SSSR count). The number of nitrogens with zero attached hydrogens (tertiary/aromatic N) is 1. The Bertz CT molecular complexity index is 345. The van der Waals surface area contributed by atoms with Gasteiger partial charge in [-0.15, -0.1) is 24.0 Å². The van der Waals surface area contributed by atoms with Crippen molar-refractivity contribution in [3.63, 3.8) is 0 Å². The van der Waals surface area contributed by atoms with E-state index < -0.39 is 0 Å². The van der Waals surface area contributed by atoms with E-state index in [1.807, 2.05) is 0 Å². The molecule has 1 aliphatic rings. The minimum atomic E-state index is -0.0494. The molecule has 0 aromatic carbocycles. The molecule has 1 aliphatic carbocycles. The molecule has 0 bridgehead atoms. The van der Waals surface area contributed by atoms with Gasteiger partial charge in [0.05, 0.1) is 13.2 Å². The van der Waals surface area contributed by atoms with E-state index in [-0.39, 0.29) is 36.4 Å². The van der Waals surface area contributed by atoms with Crippen LogP contribution in [0.5, 0.6) is 0 Å². The van der Waals surface area contributed by atoms with E-state index in [4.69, 9.17) is 4.74 Å². The van der Waals surface area contributed by atoms with Crippen molar-refractivity contribution in [2.75, 3.05) is 33.9 Å². The van der Waals surface area contributed by atoms with Gasteiger partial charge in [-0.3, -0.25) is 9.79 Å². The molecule has 0 unspecified atom stereocenters. The van der Waals surface area contributed by atoms with Gasteiger partial charge in [-0.2, -0.15) is 0 Å². The van der Waals surface area contributed by atoms with E-state index in [9.17, 15) is 4.79 Å². The molecule has 3 N–H and O–H groups in total. The zero-order chi connectivity index (χ0) is 16.2. The number of guanidine groups is 1. The number of carbonyl (C=O) groups is 1. The van der Waals surface area contributed by atoms with Crippen LogP contribution in [0, 0.1) is 5.92 Å². The summed E-state index contributed by atoms with van der Waals surface area (Å²) in [4.78, 5) is 15.8. The molecule has 23 heavy (non-hydrogen) atoms. The fourth-order valence-corrected chi connectivity index (χ4v) is 2.91. The van der Waals surface area contributed by atoms with Crippen LogP contribution in [0.25, 0.3) is 0 Å². The molecular formula is C16H33IN4O2. The Hall–Kier alpha value is -0.570. The lowest BCUT2D eigenvalue weighted by molar-refractivity contribution is -0.120. The molecule has 1 amide bonds. The standard InChI is InChI=1S/C16H32N4O2.HI/c1-4-5-13-6-8-14(9-7-13)20-16(17-2)19-12-15(21)18-10-11-22-3;/h13-14H,4-12H2,1-3H3,(H,18,21)(H2,17,19,20);1H. The van der Waals surface area contributed by atoms with Crippen molar-refractivity contribution in [2.45, 2.75) is 51.5 Å². The number of amides is 1. The number of ether oxygens (including phenoxy) is 1. The number of hydrogen-bond donors (Lipinski definition) is 3. The van der Waals surface area contributed by atoms with Crippen molar-refractivity contribution in [1.29, 1.82) is 0 Å². The summed E-state index contributed by atoms with van der Waals surface area (Å²) in [5, 5.41) is 9.27. The molecule has 1 fully saturated rings. The van der Waals surface area contributed by atoms with Gasteiger partial charge in [0.1, 0.15) is 0 Å². The molecule has 0 aromatic heterocycles. The second-order valence-corrected chi connectivity index (χ2v) is 5.92. The normalized spacial score (nSPS) is 21.3. The summed E-state index contributed by atoms with van der Waals surface area (Å²) < 4.78 is 4.89. The third kappa shape index (κ3) is 10.0. The molecule has 1 saturated carbocycles. The van der Waals surface area contributed by atoms with Gasteiger partial charge in [0, 0.05) is 26.7 Å². The Morgan fingerprint density at radius 3 is 2.48 bits per heavy atom. The van der Waals surface area contributed by atoms with Crippen LogP contribution in [-0.4, -0.2) is 51.8 Å². The van der Waals surface area contributed by atoms with Crippen molar-refractivity contribution in [3.8, 4) is 0 Å². The number of halogens is 1. The fraction of sp³-hybridized carbons (Fsp3) is 0.875. The van der Waals surface area contributed by atoms with Crippen molar-refractivity contribution >= 4 is 35.8 Å². The maximum absolute atomic E-state index is 11.6. The smallest absolute Gasteiger partial charge is 0.239 e. The van der Waals surface area contributed by atoms with Gasteiger partial charge in [-0.05, 0) is 31.6 Å². The minimum Gasteiger partial charge on any atom is -0.383 e. The molecule has 0 spiro atoms. The number of aliphatic imine (C=N–C) groups is 1. The van der Waals surface area contributed by atoms with Crippen LogP contribution in [0.4, 0.5) is 0 Å². The Morgan fingerprint density at radius 2 is 1.91 bits per heavy atom. The van der Waals surface area contributed by atoms with Gasteiger partial charge in [0.15, 0.2) is 5.96 Å². The zero-order valence-electron chi connectivity index (χ0n) is 14.7. The highest BCUT2D eigenvalue weighted by Crippen LogP contribution is 2.27. The van der Waals surface area contributed by atoms with Crippen molar-refractivity contribution in [1.82, 2.24) is 16.0 Å². The highest BCUT2D eigenvalue weighted by Gasteiger charge is 2.21. The van der Waals surface area contributed by atoms with Gasteiger partial charge < -0.3 is 20.7 Å². The summed E-state index contributed by atoms with van der Waals surface area (Å²) in [5.74, 6) is 1.55. The maximum atomic E-state index is 11.6. The summed E-state index contributed by atoms with van der Waals surface area (Å²) in [6, 6.07) is 0.468. The Balaban J connectivity index is 0.00000484. The van der Waals surface area contributed by atoms with E-state index >= 15 is 0 Å². The molecule has 0 saturated heterocycles. The highest BCUT2D eigenvalue weighted by atomic mass is 127. The van der Waals surface area contributed by atoms with E-state index in [0.29, 0.717) is 25.2 Å². The molecule has 0 radical (unpaired) electrons. The number of methoxy groups -OCH3 is 1. The number of rotatable bonds is 8. The molecule has 0 aromatic rings. The first kappa shape index (κ1) is 22.4. The Labute approximate surface area is 157 Å². The van der Waals surface area contributed by atoms with E-state index in [1.54, 1.807) is 14.2 Å². The van der Waals surface area contributed by atoms with Crippen LogP contribution in [0.15, 0.2) is 4.99 Å². The van der Waals surface area contributed by atoms with Crippen molar-refractivity contribution in [2.24, 2.45) is 10.9 Å². The Morgan fingerprint density at radius 1 is 1.22 bits per heavy atom. The molecule has 7 heteroatoms. The molecular weight excluding hydrogens is 407 g/mol. The molecule has 136 valence electrons. The maximum Gasteiger partial charge on any atom is 0.239 e. The summed E-state index contributed by atoms with van der Waals surface area (Å²) in [6.07, 6.45) is 7.59. The lowest BCUT2D eigenvalue weighted by Crippen LogP contribution is -2.48. The van der Waals surface area contributed by atoms with Crippen LogP contribution in [0.3, 0.4) is 0 Å². The monoisotopic (exact) mass is 440 g/mol. The SMILES string of the molecule is CCCC1CCC(NC(=NC)NCC(=O)NCCOC)CC1.I. The molecule has 0 aliphatic heterocycles. The zero-order valence-corrected chi connectivity index (χ0v) is 17.0. The predicted molar refractivity (Wildman–Crippen MR) is 105 cm³/mol. The fourth-order valence-electron chi connectivity index (χ4n) is 2.91. The number of carbonyl (C=O) groups excluding carboxylic acids is 1. The second-order valence-electron chi connectivity index (χ2n) is 5.92. The van der Waals surface area contributed by atoms with Gasteiger partial charge in [-0.25, -0.2) is 0 Å². The first-order valence-electron chi connectivity index (χ1n) is 8.42. The average molecular weight is 440 g/mol. The van der Waals surface area contributed by atoms with Crippen LogP contribution >= 0.6 is 24.0 Å². The topological polar surface area (TPSA) is 74.8 Å². The van der Waals surface area contributed by atoms with Crippen LogP contribution < -0.4 is 16.0 Å². The Kier molecular flexibility index (Phi) is 13.5. The minimum absolute atomic E-state index is 0. The second kappa shape index (κ2) is 13.8. The third-order valence-corrected chi connectivity index (χ3v) is 4.15. The van der Waals surface area contributed by atoms with E-state index in [2.05, 4.69) is 27.9 Å². The van der Waals surface area contributed by atoms with Crippen molar-refractivity contribution < 1.29 is 9.53 Å². The lowest BCUT2D eigenvalue weighted by Gasteiger charge is -2.30. The number of hydrogen-bond acceptors (Lipinski definition) is 3. The van der Waals surface area contributed by atoms with Crippen LogP contribution in [-0.2, 0) is 9.53 Å². The quantitative estimate of drug-likeness (QED) is 0.233. The van der Waals surface area contributed by atoms with Gasteiger partial charge >= 0.3 is 0 Å². The number of nitrogens with one attached hydrogen (secondary N) is 3. The summed E-state index contributed by atoms with van der Waals surface area (Å²) in [5.41, 5.74) is 0. The van der Waals surface area contributed by atoms with Gasteiger partial charge in [0.2, 0.25) is 5.91 Å². The molecule has 0 heterocycles. The summed E-state index contributed by atoms with van der Waals surface area (Å²) in [6.45, 7) is 3.55. The first-order chi connectivity index (χ1) is 10.7. The summed E-state index contributed by atoms with van der Waals surface area (Å²) in [7, 11) is 3.35. The average Bonchev–Trinajstić information content (AvgIpc) is 2.53. The molecule has 6 nitrogen and oxygen atoms in total. The van der Waals surface area contributed by atoms with Crippen LogP contribution in [0.1, 0.15) is 45.4 Å². The lowest BCUT2D eigenvalue weighted by atomic mass is 9.83. The van der Waals surface area contributed by atoms with Crippen molar-refractivity contribution in [3.05, 3.63) is 0 Å². The highest BCUT2D eigenvalue weighted by molar-refractivity contribution is 14.0. The third-order valence-electron chi connectivity index (χ3n) is 4.15. The predicted octanol–water partition coefficient (Wildman–Crippen LogP) is 1.89. The largest absolute Gasteiger partial charge is 0.383 e. The van der Waals surface area contributed by atoms with Gasteiger partial charge in [-0.1, -0.05) is 19.8 Å². The van der Waals surface area contributed by atoms with Gasteiger partial charge in [0.25, 0.3) is 0 Å². The first-order valence-corrected chi connectivity index (χ1v) is 8.42. The molecule has 0 atom stereocenters. The summed E-state index contributed by atoms with van der Waals surface area (Å²) >= 11 is 0. The van der Waals surface area contributed by atoms with Crippen LogP contribution in [0.2, 0.25) is 0 Å². The van der Waals surface area contributed by atoms with E-state index in [1.165, 1.54) is 38.5 Å².